The van der Waals surface area contributed by atoms with E-state index in [1.54, 1.807) is 0 Å². The highest BCUT2D eigenvalue weighted by atomic mass is 35.5. The number of halogens is 3. The summed E-state index contributed by atoms with van der Waals surface area (Å²) in [5.74, 6) is -1.91. The van der Waals surface area contributed by atoms with Gasteiger partial charge in [-0.1, -0.05) is 23.2 Å². The van der Waals surface area contributed by atoms with E-state index >= 15 is 0 Å². The molecule has 1 aliphatic heterocycles. The molecule has 21 heavy (non-hydrogen) atoms. The first-order valence-electron chi connectivity index (χ1n) is 5.93. The number of hydrogen-bond acceptors (Lipinski definition) is 3. The highest BCUT2D eigenvalue weighted by Gasteiger charge is 2.36. The second kappa shape index (κ2) is 5.09. The average molecular weight is 325 g/mol. The van der Waals surface area contributed by atoms with Gasteiger partial charge in [0.25, 0.3) is 11.7 Å². The quantitative estimate of drug-likeness (QED) is 0.629. The molecule has 2 aromatic rings. The van der Waals surface area contributed by atoms with Gasteiger partial charge in [0.05, 0.1) is 22.8 Å². The number of benzene rings is 1. The Hall–Kier alpha value is -1.98. The van der Waals surface area contributed by atoms with Crippen molar-refractivity contribution in [3.8, 4) is 0 Å². The molecule has 1 aliphatic rings. The lowest BCUT2D eigenvalue weighted by molar-refractivity contribution is -0.114. The van der Waals surface area contributed by atoms with E-state index in [1.165, 1.54) is 23.2 Å². The van der Waals surface area contributed by atoms with Crippen LogP contribution in [-0.2, 0) is 11.3 Å². The fraction of sp³-hybridized carbons (Fsp3) is 0.0714. The Morgan fingerprint density at radius 2 is 1.95 bits per heavy atom. The third-order valence-electron chi connectivity index (χ3n) is 3.16. The number of carbonyl (C=O) groups excluding carboxylic acids is 2. The lowest BCUT2D eigenvalue weighted by Gasteiger charge is -2.17. The maximum absolute atomic E-state index is 13.4. The predicted molar refractivity (Wildman–Crippen MR) is 76.2 cm³/mol. The van der Waals surface area contributed by atoms with Crippen LogP contribution in [0.25, 0.3) is 0 Å². The molecule has 0 aliphatic carbocycles. The van der Waals surface area contributed by atoms with Gasteiger partial charge in [-0.15, -0.1) is 0 Å². The van der Waals surface area contributed by atoms with Gasteiger partial charge in [-0.2, -0.15) is 0 Å². The molecule has 3 rings (SSSR count). The highest BCUT2D eigenvalue weighted by molar-refractivity contribution is 6.52. The summed E-state index contributed by atoms with van der Waals surface area (Å²) in [4.78, 5) is 28.9. The summed E-state index contributed by atoms with van der Waals surface area (Å²) in [6.07, 6.45) is 1.42. The van der Waals surface area contributed by atoms with Crippen LogP contribution in [0.4, 0.5) is 10.1 Å². The zero-order chi connectivity index (χ0) is 15.1. The molecule has 106 valence electrons. The van der Waals surface area contributed by atoms with Crippen molar-refractivity contribution >= 4 is 40.6 Å². The lowest BCUT2D eigenvalue weighted by Crippen LogP contribution is -2.29. The van der Waals surface area contributed by atoms with Crippen LogP contribution < -0.4 is 4.90 Å². The summed E-state index contributed by atoms with van der Waals surface area (Å²) in [6.45, 7) is 0.0179. The summed E-state index contributed by atoms with van der Waals surface area (Å²) >= 11 is 11.7. The number of hydrogen-bond donors (Lipinski definition) is 0. The number of anilines is 1. The van der Waals surface area contributed by atoms with Crippen molar-refractivity contribution in [2.45, 2.75) is 6.54 Å². The standard InChI is InChI=1S/C14H7Cl2FN2O2/c15-10-4-12(16)18-5-7(10)6-19-11-3-8(17)1-2-9(11)13(20)14(19)21/h1-5H,6H2. The summed E-state index contributed by atoms with van der Waals surface area (Å²) in [5, 5.41) is 0.541. The molecule has 0 unspecified atom stereocenters. The van der Waals surface area contributed by atoms with Gasteiger partial charge in [-0.25, -0.2) is 9.37 Å². The number of nitrogens with zero attached hydrogens (tertiary/aromatic N) is 2. The minimum absolute atomic E-state index is 0.0179. The van der Waals surface area contributed by atoms with Crippen LogP contribution in [-0.4, -0.2) is 16.7 Å². The number of carbonyl (C=O) groups is 2. The second-order valence-electron chi connectivity index (χ2n) is 4.48. The Labute approximate surface area is 129 Å². The number of pyridine rings is 1. The molecule has 2 heterocycles. The van der Waals surface area contributed by atoms with E-state index in [0.29, 0.717) is 10.6 Å². The van der Waals surface area contributed by atoms with Crippen LogP contribution in [0.15, 0.2) is 30.5 Å². The van der Waals surface area contributed by atoms with Gasteiger partial charge in [0, 0.05) is 11.8 Å². The van der Waals surface area contributed by atoms with Crippen molar-refractivity contribution < 1.29 is 14.0 Å². The minimum atomic E-state index is -0.721. The number of fused-ring (bicyclic) bond motifs is 1. The van der Waals surface area contributed by atoms with Crippen LogP contribution in [0.2, 0.25) is 10.2 Å². The number of amides is 1. The molecule has 7 heteroatoms. The maximum atomic E-state index is 13.4. The van der Waals surface area contributed by atoms with Crippen molar-refractivity contribution in [1.29, 1.82) is 0 Å². The van der Waals surface area contributed by atoms with Gasteiger partial charge in [-0.05, 0) is 24.3 Å². The predicted octanol–water partition coefficient (Wildman–Crippen LogP) is 3.26. The van der Waals surface area contributed by atoms with Crippen LogP contribution in [0, 0.1) is 5.82 Å². The molecule has 0 radical (unpaired) electrons. The smallest absolute Gasteiger partial charge is 0.299 e. The van der Waals surface area contributed by atoms with Gasteiger partial charge in [-0.3, -0.25) is 9.59 Å². The third kappa shape index (κ3) is 2.39. The van der Waals surface area contributed by atoms with Gasteiger partial charge < -0.3 is 4.90 Å². The second-order valence-corrected chi connectivity index (χ2v) is 5.27. The zero-order valence-electron chi connectivity index (χ0n) is 10.4. The third-order valence-corrected chi connectivity index (χ3v) is 3.72. The number of Topliss-reactive ketones (excluding diaryl/α,β-unsaturated/α-hetero) is 1. The van der Waals surface area contributed by atoms with Crippen molar-refractivity contribution in [1.82, 2.24) is 4.98 Å². The number of aromatic nitrogens is 1. The van der Waals surface area contributed by atoms with E-state index in [4.69, 9.17) is 23.2 Å². The topological polar surface area (TPSA) is 50.3 Å². The Morgan fingerprint density at radius 3 is 2.67 bits per heavy atom. The molecule has 0 saturated heterocycles. The molecule has 0 atom stereocenters. The molecule has 0 saturated carbocycles. The van der Waals surface area contributed by atoms with Crippen molar-refractivity contribution in [3.63, 3.8) is 0 Å². The van der Waals surface area contributed by atoms with Crippen LogP contribution in [0.1, 0.15) is 15.9 Å². The molecule has 1 amide bonds. The minimum Gasteiger partial charge on any atom is -0.300 e. The lowest BCUT2D eigenvalue weighted by atomic mass is 10.1. The molecule has 0 N–H and O–H groups in total. The van der Waals surface area contributed by atoms with Crippen LogP contribution in [0.5, 0.6) is 0 Å². The monoisotopic (exact) mass is 324 g/mol. The molecule has 1 aromatic carbocycles. The van der Waals surface area contributed by atoms with E-state index in [9.17, 15) is 14.0 Å². The zero-order valence-corrected chi connectivity index (χ0v) is 12.0. The number of rotatable bonds is 2. The SMILES string of the molecule is O=C1C(=O)N(Cc2cnc(Cl)cc2Cl)c2cc(F)ccc21. The first-order valence-corrected chi connectivity index (χ1v) is 6.68. The Bertz CT molecular complexity index is 780. The Balaban J connectivity index is 2.02. The van der Waals surface area contributed by atoms with Gasteiger partial charge in [0.1, 0.15) is 11.0 Å². The van der Waals surface area contributed by atoms with Crippen molar-refractivity contribution in [3.05, 3.63) is 57.6 Å². The molecule has 0 spiro atoms. The molecule has 0 fully saturated rings. The van der Waals surface area contributed by atoms with Crippen LogP contribution in [0.3, 0.4) is 0 Å². The van der Waals surface area contributed by atoms with E-state index < -0.39 is 17.5 Å². The van der Waals surface area contributed by atoms with Crippen molar-refractivity contribution in [2.75, 3.05) is 4.90 Å². The molecule has 4 nitrogen and oxygen atoms in total. The molecule has 0 bridgehead atoms. The van der Waals surface area contributed by atoms with E-state index in [2.05, 4.69) is 4.98 Å². The van der Waals surface area contributed by atoms with E-state index in [-0.39, 0.29) is 22.9 Å². The first-order chi connectivity index (χ1) is 9.97. The highest BCUT2D eigenvalue weighted by Crippen LogP contribution is 2.32. The van der Waals surface area contributed by atoms with Gasteiger partial charge in [0.15, 0.2) is 0 Å². The molecular formula is C14H7Cl2FN2O2. The fourth-order valence-electron chi connectivity index (χ4n) is 2.15. The van der Waals surface area contributed by atoms with Crippen LogP contribution >= 0.6 is 23.2 Å². The molecular weight excluding hydrogens is 318 g/mol. The van der Waals surface area contributed by atoms with E-state index in [0.717, 1.165) is 12.1 Å². The maximum Gasteiger partial charge on any atom is 0.299 e. The van der Waals surface area contributed by atoms with Crippen molar-refractivity contribution in [2.24, 2.45) is 0 Å². The summed E-state index contributed by atoms with van der Waals surface area (Å²) in [7, 11) is 0. The summed E-state index contributed by atoms with van der Waals surface area (Å²) in [5.41, 5.74) is 0.926. The number of ketones is 1. The summed E-state index contributed by atoms with van der Waals surface area (Å²) in [6, 6.07) is 5.03. The average Bonchev–Trinajstić information content (AvgIpc) is 2.66. The Kier molecular flexibility index (Phi) is 3.39. The van der Waals surface area contributed by atoms with E-state index in [1.807, 2.05) is 0 Å². The summed E-state index contributed by atoms with van der Waals surface area (Å²) < 4.78 is 13.4. The fourth-order valence-corrected chi connectivity index (χ4v) is 2.57. The van der Waals surface area contributed by atoms with Gasteiger partial charge in [0.2, 0.25) is 0 Å². The Morgan fingerprint density at radius 1 is 1.19 bits per heavy atom. The first kappa shape index (κ1) is 14.0. The largest absolute Gasteiger partial charge is 0.300 e. The van der Waals surface area contributed by atoms with Gasteiger partial charge >= 0.3 is 0 Å². The molecule has 1 aromatic heterocycles. The normalized spacial score (nSPS) is 13.8.